The molecule has 4 rings (SSSR count). The highest BCUT2D eigenvalue weighted by Crippen LogP contribution is 2.42. The zero-order chi connectivity index (χ0) is 20.5. The van der Waals surface area contributed by atoms with E-state index in [0.29, 0.717) is 22.7 Å². The number of urea groups is 1. The van der Waals surface area contributed by atoms with Gasteiger partial charge in [0.05, 0.1) is 35.7 Å². The Bertz CT molecular complexity index is 1030. The number of anilines is 1. The number of nitrogens with one attached hydrogen (secondary N) is 3. The number of aliphatic hydroxyl groups excluding tert-OH is 2. The summed E-state index contributed by atoms with van der Waals surface area (Å²) >= 11 is 0. The molecule has 1 saturated carbocycles. The Kier molecular flexibility index (Phi) is 5.16. The topological polar surface area (TPSA) is 123 Å². The molecule has 0 spiro atoms. The summed E-state index contributed by atoms with van der Waals surface area (Å²) in [7, 11) is 0. The molecule has 2 amide bonds. The smallest absolute Gasteiger partial charge is 0.320 e. The Hall–Kier alpha value is -3.04. The van der Waals surface area contributed by atoms with Crippen molar-refractivity contribution in [2.45, 2.75) is 44.4 Å². The lowest BCUT2D eigenvalue weighted by Crippen LogP contribution is -2.38. The third-order valence-electron chi connectivity index (χ3n) is 5.00. The normalized spacial score (nSPS) is 15.9. The van der Waals surface area contributed by atoms with E-state index < -0.39 is 24.0 Å². The number of carbonyl (C=O) groups excluding carboxylic acids is 1. The molecule has 2 atom stereocenters. The lowest BCUT2D eigenvalue weighted by Gasteiger charge is -2.22. The second-order valence-corrected chi connectivity index (χ2v) is 7.29. The number of aromatic amines is 1. The number of carbonyl (C=O) groups is 1. The van der Waals surface area contributed by atoms with Gasteiger partial charge in [0.1, 0.15) is 11.6 Å². The van der Waals surface area contributed by atoms with Crippen LogP contribution in [0.3, 0.4) is 0 Å². The first-order valence-electron chi connectivity index (χ1n) is 9.46. The Morgan fingerprint density at radius 1 is 1.34 bits per heavy atom. The van der Waals surface area contributed by atoms with Crippen molar-refractivity contribution >= 4 is 22.8 Å². The van der Waals surface area contributed by atoms with Gasteiger partial charge < -0.3 is 15.5 Å². The first-order chi connectivity index (χ1) is 14.0. The van der Waals surface area contributed by atoms with Crippen molar-refractivity contribution in [3.05, 3.63) is 53.1 Å². The van der Waals surface area contributed by atoms with Crippen LogP contribution >= 0.6 is 0 Å². The number of aliphatic hydroxyl groups is 2. The first kappa shape index (κ1) is 19.3. The minimum Gasteiger partial charge on any atom is -0.391 e. The number of H-pyrrole nitrogens is 1. The minimum atomic E-state index is -0.900. The summed E-state index contributed by atoms with van der Waals surface area (Å²) in [6, 6.07) is 5.88. The molecule has 8 nitrogen and oxygen atoms in total. The number of halogens is 1. The van der Waals surface area contributed by atoms with Gasteiger partial charge >= 0.3 is 6.03 Å². The van der Waals surface area contributed by atoms with Gasteiger partial charge in [0.25, 0.3) is 0 Å². The number of fused-ring (bicyclic) bond motifs is 1. The van der Waals surface area contributed by atoms with Crippen LogP contribution in [-0.2, 0) is 6.61 Å². The fourth-order valence-electron chi connectivity index (χ4n) is 3.43. The average Bonchev–Trinajstić information content (AvgIpc) is 3.45. The number of nitrogens with zero attached hydrogens (tertiary/aromatic N) is 2. The van der Waals surface area contributed by atoms with Crippen molar-refractivity contribution in [2.24, 2.45) is 0 Å². The SMILES string of the molecule is C[C@@H](O)[C@@H](NC(=O)Nc1cc2[nH]nc(C3CC3)c2c(CO)n1)c1ccc(F)cc1. The summed E-state index contributed by atoms with van der Waals surface area (Å²) in [5, 5.41) is 33.1. The maximum atomic E-state index is 13.2. The fraction of sp³-hybridized carbons (Fsp3) is 0.350. The molecule has 0 radical (unpaired) electrons. The molecule has 0 bridgehead atoms. The van der Waals surface area contributed by atoms with Gasteiger partial charge in [0, 0.05) is 17.4 Å². The van der Waals surface area contributed by atoms with Crippen molar-refractivity contribution < 1.29 is 19.4 Å². The molecular formula is C20H22FN5O3. The molecular weight excluding hydrogens is 377 g/mol. The molecule has 1 fully saturated rings. The summed E-state index contributed by atoms with van der Waals surface area (Å²) in [6.07, 6.45) is 1.23. The van der Waals surface area contributed by atoms with E-state index in [1.807, 2.05) is 0 Å². The highest BCUT2D eigenvalue weighted by atomic mass is 19.1. The Morgan fingerprint density at radius 2 is 2.07 bits per heavy atom. The molecule has 152 valence electrons. The van der Waals surface area contributed by atoms with E-state index in [4.69, 9.17) is 0 Å². The molecule has 29 heavy (non-hydrogen) atoms. The van der Waals surface area contributed by atoms with Crippen LogP contribution in [0.1, 0.15) is 48.7 Å². The van der Waals surface area contributed by atoms with E-state index in [1.54, 1.807) is 6.07 Å². The molecule has 1 aliphatic carbocycles. The number of aromatic nitrogens is 3. The van der Waals surface area contributed by atoms with Crippen LogP contribution in [0.25, 0.3) is 10.9 Å². The van der Waals surface area contributed by atoms with E-state index in [-0.39, 0.29) is 12.4 Å². The summed E-state index contributed by atoms with van der Waals surface area (Å²) in [6.45, 7) is 1.26. The molecule has 2 aromatic heterocycles. The zero-order valence-corrected chi connectivity index (χ0v) is 15.8. The molecule has 0 unspecified atom stereocenters. The van der Waals surface area contributed by atoms with Crippen molar-refractivity contribution in [3.63, 3.8) is 0 Å². The third kappa shape index (κ3) is 4.06. The quantitative estimate of drug-likeness (QED) is 0.436. The minimum absolute atomic E-state index is 0.244. The van der Waals surface area contributed by atoms with Crippen molar-refractivity contribution in [3.8, 4) is 0 Å². The molecule has 5 N–H and O–H groups in total. The van der Waals surface area contributed by atoms with Crippen molar-refractivity contribution in [1.29, 1.82) is 0 Å². The summed E-state index contributed by atoms with van der Waals surface area (Å²) in [5.74, 6) is 0.232. The van der Waals surface area contributed by atoms with E-state index in [2.05, 4.69) is 25.8 Å². The van der Waals surface area contributed by atoms with Crippen LogP contribution in [0.2, 0.25) is 0 Å². The largest absolute Gasteiger partial charge is 0.391 e. The van der Waals surface area contributed by atoms with Gasteiger partial charge in [-0.05, 0) is 37.5 Å². The molecule has 1 aromatic carbocycles. The number of pyridine rings is 1. The number of rotatable bonds is 6. The maximum Gasteiger partial charge on any atom is 0.320 e. The summed E-state index contributed by atoms with van der Waals surface area (Å²) < 4.78 is 13.2. The van der Waals surface area contributed by atoms with Crippen LogP contribution in [0.4, 0.5) is 15.0 Å². The van der Waals surface area contributed by atoms with Crippen molar-refractivity contribution in [1.82, 2.24) is 20.5 Å². The Morgan fingerprint density at radius 3 is 2.69 bits per heavy atom. The van der Waals surface area contributed by atoms with Crippen LogP contribution in [0.5, 0.6) is 0 Å². The number of hydrogen-bond acceptors (Lipinski definition) is 5. The lowest BCUT2D eigenvalue weighted by molar-refractivity contribution is 0.148. The van der Waals surface area contributed by atoms with Crippen LogP contribution < -0.4 is 10.6 Å². The molecule has 0 saturated heterocycles. The van der Waals surface area contributed by atoms with Gasteiger partial charge in [-0.2, -0.15) is 5.10 Å². The van der Waals surface area contributed by atoms with Crippen molar-refractivity contribution in [2.75, 3.05) is 5.32 Å². The molecule has 1 aliphatic rings. The second kappa shape index (κ2) is 7.76. The highest BCUT2D eigenvalue weighted by molar-refractivity contribution is 5.92. The number of benzene rings is 1. The standard InChI is InChI=1S/C20H22FN5O3/c1-10(28)18(11-4-6-13(21)7-5-11)24-20(29)23-16-8-14-17(15(9-27)22-16)19(26-25-14)12-2-3-12/h4-8,10,12,18,27-28H,2-3,9H2,1H3,(H,25,26)(H2,22,23,24,29)/t10-,18-/m1/s1. The highest BCUT2D eigenvalue weighted by Gasteiger charge is 2.29. The monoisotopic (exact) mass is 399 g/mol. The zero-order valence-electron chi connectivity index (χ0n) is 15.8. The second-order valence-electron chi connectivity index (χ2n) is 7.29. The molecule has 0 aliphatic heterocycles. The first-order valence-corrected chi connectivity index (χ1v) is 9.46. The lowest BCUT2D eigenvalue weighted by atomic mass is 10.0. The molecule has 3 aromatic rings. The van der Waals surface area contributed by atoms with Gasteiger partial charge in [-0.1, -0.05) is 12.1 Å². The molecule has 2 heterocycles. The van der Waals surface area contributed by atoms with Gasteiger partial charge in [-0.15, -0.1) is 0 Å². The van der Waals surface area contributed by atoms with Crippen LogP contribution in [0.15, 0.2) is 30.3 Å². The van der Waals surface area contributed by atoms with Crippen LogP contribution in [0, 0.1) is 5.82 Å². The number of hydrogen-bond donors (Lipinski definition) is 5. The van der Waals surface area contributed by atoms with Gasteiger partial charge in [-0.3, -0.25) is 10.4 Å². The van der Waals surface area contributed by atoms with Gasteiger partial charge in [0.2, 0.25) is 0 Å². The maximum absolute atomic E-state index is 13.2. The Labute approximate surface area is 166 Å². The van der Waals surface area contributed by atoms with E-state index in [9.17, 15) is 19.4 Å². The predicted molar refractivity (Wildman–Crippen MR) is 105 cm³/mol. The summed E-state index contributed by atoms with van der Waals surface area (Å²) in [4.78, 5) is 16.8. The fourth-order valence-corrected chi connectivity index (χ4v) is 3.43. The predicted octanol–water partition coefficient (Wildman–Crippen LogP) is 2.71. The van der Waals surface area contributed by atoms with Gasteiger partial charge in [0.15, 0.2) is 0 Å². The van der Waals surface area contributed by atoms with E-state index in [1.165, 1.54) is 31.2 Å². The van der Waals surface area contributed by atoms with E-state index >= 15 is 0 Å². The average molecular weight is 399 g/mol. The van der Waals surface area contributed by atoms with Crippen LogP contribution in [-0.4, -0.2) is 37.5 Å². The Balaban J connectivity index is 1.54. The van der Waals surface area contributed by atoms with E-state index in [0.717, 1.165) is 23.9 Å². The number of amides is 2. The summed E-state index contributed by atoms with van der Waals surface area (Å²) in [5.41, 5.74) is 2.60. The molecule has 9 heteroatoms. The third-order valence-corrected chi connectivity index (χ3v) is 5.00. The van der Waals surface area contributed by atoms with Gasteiger partial charge in [-0.25, -0.2) is 14.2 Å².